The maximum Gasteiger partial charge on any atom is 0.242 e. The van der Waals surface area contributed by atoms with E-state index in [1.54, 1.807) is 30.1 Å². The van der Waals surface area contributed by atoms with Crippen LogP contribution in [0.15, 0.2) is 24.5 Å². The molecule has 2 aromatic heterocycles. The molecule has 7 heteroatoms. The monoisotopic (exact) mass is 343 g/mol. The molecule has 2 aromatic rings. The lowest BCUT2D eigenvalue weighted by Gasteiger charge is -2.21. The van der Waals surface area contributed by atoms with Crippen molar-refractivity contribution in [3.63, 3.8) is 0 Å². The van der Waals surface area contributed by atoms with Gasteiger partial charge in [0, 0.05) is 18.8 Å². The van der Waals surface area contributed by atoms with E-state index in [2.05, 4.69) is 15.4 Å². The number of carbonyl (C=O) groups is 1. The summed E-state index contributed by atoms with van der Waals surface area (Å²) >= 11 is 0. The number of nitrogens with one attached hydrogen (secondary N) is 1. The predicted octanol–water partition coefficient (Wildman–Crippen LogP) is 2.42. The van der Waals surface area contributed by atoms with Crippen molar-refractivity contribution < 1.29 is 9.90 Å². The number of aryl methyl sites for hydroxylation is 1. The quantitative estimate of drug-likeness (QED) is 0.739. The van der Waals surface area contributed by atoms with Gasteiger partial charge >= 0.3 is 0 Å². The average molecular weight is 343 g/mol. The molecule has 0 aliphatic heterocycles. The van der Waals surface area contributed by atoms with Crippen LogP contribution in [-0.4, -0.2) is 31.8 Å². The molecule has 2 heterocycles. The zero-order chi connectivity index (χ0) is 17.8. The molecule has 134 valence electrons. The van der Waals surface area contributed by atoms with Crippen molar-refractivity contribution in [3.8, 4) is 17.0 Å². The number of nitrogens with zero attached hydrogens (tertiary/aromatic N) is 3. The van der Waals surface area contributed by atoms with E-state index in [1.807, 2.05) is 0 Å². The molecule has 0 unspecified atom stereocenters. The number of hydrogen-bond donors (Lipinski definition) is 3. The molecule has 1 fully saturated rings. The molecule has 3 rings (SSSR count). The van der Waals surface area contributed by atoms with Gasteiger partial charge in [-0.25, -0.2) is 4.98 Å². The zero-order valence-electron chi connectivity index (χ0n) is 14.5. The number of rotatable bonds is 4. The molecule has 0 spiro atoms. The van der Waals surface area contributed by atoms with E-state index in [4.69, 9.17) is 5.73 Å². The SMILES string of the molecule is Cn1ncc(O)c1-c1ccc(NC(=O)[C@@H](N)C2CCCCCC2)nc1. The summed E-state index contributed by atoms with van der Waals surface area (Å²) in [4.78, 5) is 16.7. The summed E-state index contributed by atoms with van der Waals surface area (Å²) in [5, 5.41) is 16.6. The molecule has 0 saturated heterocycles. The van der Waals surface area contributed by atoms with Gasteiger partial charge in [-0.1, -0.05) is 25.7 Å². The van der Waals surface area contributed by atoms with Crippen molar-refractivity contribution in [3.05, 3.63) is 24.5 Å². The Kier molecular flexibility index (Phi) is 5.33. The van der Waals surface area contributed by atoms with Crippen LogP contribution in [0.25, 0.3) is 11.3 Å². The summed E-state index contributed by atoms with van der Waals surface area (Å²) in [5.74, 6) is 0.611. The average Bonchev–Trinajstić information content (AvgIpc) is 2.82. The molecule has 1 saturated carbocycles. The Labute approximate surface area is 147 Å². The van der Waals surface area contributed by atoms with Crippen molar-refractivity contribution in [2.75, 3.05) is 5.32 Å². The van der Waals surface area contributed by atoms with Gasteiger partial charge in [0.2, 0.25) is 5.91 Å². The van der Waals surface area contributed by atoms with Gasteiger partial charge in [-0.15, -0.1) is 0 Å². The van der Waals surface area contributed by atoms with Gasteiger partial charge in [-0.3, -0.25) is 9.48 Å². The number of anilines is 1. The number of carbonyl (C=O) groups excluding carboxylic acids is 1. The van der Waals surface area contributed by atoms with Crippen LogP contribution in [0.2, 0.25) is 0 Å². The van der Waals surface area contributed by atoms with E-state index in [1.165, 1.54) is 19.0 Å². The fourth-order valence-electron chi connectivity index (χ4n) is 3.46. The molecule has 25 heavy (non-hydrogen) atoms. The van der Waals surface area contributed by atoms with Crippen molar-refractivity contribution >= 4 is 11.7 Å². The summed E-state index contributed by atoms with van der Waals surface area (Å²) in [6.07, 6.45) is 9.77. The molecule has 1 aliphatic carbocycles. The van der Waals surface area contributed by atoms with Gasteiger partial charge in [0.1, 0.15) is 11.5 Å². The normalized spacial score (nSPS) is 17.0. The number of amides is 1. The molecule has 4 N–H and O–H groups in total. The first kappa shape index (κ1) is 17.4. The Balaban J connectivity index is 1.65. The lowest BCUT2D eigenvalue weighted by atomic mass is 9.92. The van der Waals surface area contributed by atoms with Gasteiger partial charge in [0.05, 0.1) is 12.2 Å². The first-order valence-corrected chi connectivity index (χ1v) is 8.80. The summed E-state index contributed by atoms with van der Waals surface area (Å²) in [5.41, 5.74) is 7.48. The van der Waals surface area contributed by atoms with E-state index in [0.717, 1.165) is 31.2 Å². The van der Waals surface area contributed by atoms with Gasteiger partial charge in [0.25, 0.3) is 0 Å². The van der Waals surface area contributed by atoms with Gasteiger partial charge in [-0.05, 0) is 30.9 Å². The highest BCUT2D eigenvalue weighted by atomic mass is 16.3. The fraction of sp³-hybridized carbons (Fsp3) is 0.500. The van der Waals surface area contributed by atoms with Crippen molar-refractivity contribution in [1.82, 2.24) is 14.8 Å². The number of aromatic nitrogens is 3. The van der Waals surface area contributed by atoms with Crippen LogP contribution in [0.3, 0.4) is 0 Å². The number of hydrogen-bond acceptors (Lipinski definition) is 5. The van der Waals surface area contributed by atoms with Crippen molar-refractivity contribution in [2.24, 2.45) is 18.7 Å². The van der Waals surface area contributed by atoms with Crippen molar-refractivity contribution in [1.29, 1.82) is 0 Å². The van der Waals surface area contributed by atoms with Crippen LogP contribution in [0, 0.1) is 5.92 Å². The Morgan fingerprint density at radius 1 is 1.28 bits per heavy atom. The van der Waals surface area contributed by atoms with Crippen LogP contribution in [-0.2, 0) is 11.8 Å². The molecule has 0 bridgehead atoms. The number of nitrogens with two attached hydrogens (primary N) is 1. The standard InChI is InChI=1S/C18H25N5O2/c1-23-17(14(24)11-21-23)13-8-9-15(20-10-13)22-18(25)16(19)12-6-4-2-3-5-7-12/h8-12,16,24H,2-7,19H2,1H3,(H,20,22,25)/t16-/m0/s1. The predicted molar refractivity (Wildman–Crippen MR) is 95.9 cm³/mol. The van der Waals surface area contributed by atoms with E-state index < -0.39 is 6.04 Å². The third kappa shape index (κ3) is 3.99. The van der Waals surface area contributed by atoms with E-state index in [0.29, 0.717) is 11.5 Å². The van der Waals surface area contributed by atoms with Gasteiger partial charge in [-0.2, -0.15) is 5.10 Å². The topological polar surface area (TPSA) is 106 Å². The van der Waals surface area contributed by atoms with Crippen LogP contribution in [0.4, 0.5) is 5.82 Å². The first-order valence-electron chi connectivity index (χ1n) is 8.80. The Hall–Kier alpha value is -2.41. The maximum absolute atomic E-state index is 12.4. The minimum Gasteiger partial charge on any atom is -0.504 e. The summed E-state index contributed by atoms with van der Waals surface area (Å²) in [7, 11) is 1.75. The Morgan fingerprint density at radius 3 is 2.56 bits per heavy atom. The summed E-state index contributed by atoms with van der Waals surface area (Å²) in [6.45, 7) is 0. The highest BCUT2D eigenvalue weighted by Gasteiger charge is 2.25. The molecule has 0 radical (unpaired) electrons. The number of pyridine rings is 1. The van der Waals surface area contributed by atoms with Crippen molar-refractivity contribution in [2.45, 2.75) is 44.6 Å². The molecular formula is C18H25N5O2. The third-order valence-electron chi connectivity index (χ3n) is 4.92. The molecule has 0 aromatic carbocycles. The Bertz CT molecular complexity index is 698. The van der Waals surface area contributed by atoms with Crippen LogP contribution < -0.4 is 11.1 Å². The minimum atomic E-state index is -0.499. The number of aromatic hydroxyl groups is 1. The second-order valence-corrected chi connectivity index (χ2v) is 6.70. The molecule has 1 amide bonds. The largest absolute Gasteiger partial charge is 0.504 e. The van der Waals surface area contributed by atoms with E-state index in [-0.39, 0.29) is 17.6 Å². The second-order valence-electron chi connectivity index (χ2n) is 6.70. The molecule has 1 atom stereocenters. The second kappa shape index (κ2) is 7.65. The molecular weight excluding hydrogens is 318 g/mol. The summed E-state index contributed by atoms with van der Waals surface area (Å²) < 4.78 is 1.58. The molecule has 1 aliphatic rings. The summed E-state index contributed by atoms with van der Waals surface area (Å²) in [6, 6.07) is 3.00. The maximum atomic E-state index is 12.4. The zero-order valence-corrected chi connectivity index (χ0v) is 14.5. The highest BCUT2D eigenvalue weighted by Crippen LogP contribution is 2.28. The van der Waals surface area contributed by atoms with E-state index >= 15 is 0 Å². The van der Waals surface area contributed by atoms with Gasteiger partial charge in [0.15, 0.2) is 5.75 Å². The van der Waals surface area contributed by atoms with Gasteiger partial charge < -0.3 is 16.2 Å². The highest BCUT2D eigenvalue weighted by molar-refractivity contribution is 5.94. The third-order valence-corrected chi connectivity index (χ3v) is 4.92. The van der Waals surface area contributed by atoms with Crippen LogP contribution >= 0.6 is 0 Å². The smallest absolute Gasteiger partial charge is 0.242 e. The van der Waals surface area contributed by atoms with Crippen LogP contribution in [0.5, 0.6) is 5.75 Å². The molecule has 7 nitrogen and oxygen atoms in total. The van der Waals surface area contributed by atoms with E-state index in [9.17, 15) is 9.90 Å². The van der Waals surface area contributed by atoms with Crippen LogP contribution in [0.1, 0.15) is 38.5 Å². The lowest BCUT2D eigenvalue weighted by Crippen LogP contribution is -2.42. The lowest BCUT2D eigenvalue weighted by molar-refractivity contribution is -0.118. The first-order chi connectivity index (χ1) is 12.1. The Morgan fingerprint density at radius 2 is 2.00 bits per heavy atom. The minimum absolute atomic E-state index is 0.0940. The fourth-order valence-corrected chi connectivity index (χ4v) is 3.46.